The number of likely N-dealkylation sites (N-methyl/N-ethyl adjacent to an activating group) is 1. The van der Waals surface area contributed by atoms with Crippen LogP contribution in [0, 0.1) is 0 Å². The highest BCUT2D eigenvalue weighted by molar-refractivity contribution is 6.01. The molecule has 0 radical (unpaired) electrons. The molecule has 0 spiro atoms. The van der Waals surface area contributed by atoms with E-state index in [1.54, 1.807) is 36.9 Å². The van der Waals surface area contributed by atoms with Crippen LogP contribution in [0.4, 0.5) is 11.4 Å². The molecule has 2 amide bonds. The third-order valence-corrected chi connectivity index (χ3v) is 3.54. The Morgan fingerprint density at radius 2 is 2.14 bits per heavy atom. The molecule has 1 unspecified atom stereocenters. The van der Waals surface area contributed by atoms with Crippen LogP contribution in [0.15, 0.2) is 18.2 Å². The van der Waals surface area contributed by atoms with E-state index in [-0.39, 0.29) is 11.8 Å². The molecular formula is C16H23N3O3. The van der Waals surface area contributed by atoms with Gasteiger partial charge in [0.05, 0.1) is 5.69 Å². The molecule has 0 saturated heterocycles. The normalized spacial score (nSPS) is 17.2. The second-order valence-electron chi connectivity index (χ2n) is 5.64. The molecule has 2 rings (SSSR count). The van der Waals surface area contributed by atoms with Crippen molar-refractivity contribution in [3.63, 3.8) is 0 Å². The fourth-order valence-electron chi connectivity index (χ4n) is 2.26. The largest absolute Gasteiger partial charge is 0.479 e. The maximum Gasteiger partial charge on any atom is 0.267 e. The molecule has 1 atom stereocenters. The monoisotopic (exact) mass is 305 g/mol. The van der Waals surface area contributed by atoms with E-state index in [0.717, 1.165) is 6.54 Å². The number of carbonyl (C=O) groups is 2. The number of anilines is 2. The van der Waals surface area contributed by atoms with Crippen molar-refractivity contribution in [2.45, 2.75) is 26.4 Å². The van der Waals surface area contributed by atoms with E-state index in [4.69, 9.17) is 4.74 Å². The highest BCUT2D eigenvalue weighted by Gasteiger charge is 2.31. The average Bonchev–Trinajstić information content (AvgIpc) is 2.48. The predicted molar refractivity (Wildman–Crippen MR) is 86.4 cm³/mol. The Balaban J connectivity index is 2.30. The summed E-state index contributed by atoms with van der Waals surface area (Å²) in [5.74, 6) is 0.546. The lowest BCUT2D eigenvalue weighted by Crippen LogP contribution is -2.46. The van der Waals surface area contributed by atoms with Gasteiger partial charge in [-0.25, -0.2) is 0 Å². The van der Waals surface area contributed by atoms with E-state index in [1.807, 2.05) is 19.0 Å². The van der Waals surface area contributed by atoms with Gasteiger partial charge in [-0.15, -0.1) is 0 Å². The molecule has 0 aliphatic carbocycles. The van der Waals surface area contributed by atoms with Crippen LogP contribution in [0.1, 0.15) is 20.3 Å². The first-order chi connectivity index (χ1) is 10.4. The van der Waals surface area contributed by atoms with Crippen molar-refractivity contribution < 1.29 is 14.3 Å². The number of benzene rings is 1. The van der Waals surface area contributed by atoms with Gasteiger partial charge in [-0.1, -0.05) is 6.92 Å². The Hall–Kier alpha value is -2.08. The number of amides is 2. The summed E-state index contributed by atoms with van der Waals surface area (Å²) in [6.07, 6.45) is -0.0841. The summed E-state index contributed by atoms with van der Waals surface area (Å²) in [7, 11) is 3.93. The third-order valence-electron chi connectivity index (χ3n) is 3.54. The van der Waals surface area contributed by atoms with Crippen LogP contribution in [0.5, 0.6) is 5.75 Å². The van der Waals surface area contributed by atoms with Crippen molar-refractivity contribution in [1.29, 1.82) is 0 Å². The maximum atomic E-state index is 12.4. The van der Waals surface area contributed by atoms with Gasteiger partial charge in [-0.05, 0) is 39.2 Å². The van der Waals surface area contributed by atoms with E-state index in [2.05, 4.69) is 5.32 Å². The van der Waals surface area contributed by atoms with Crippen molar-refractivity contribution in [2.24, 2.45) is 0 Å². The van der Waals surface area contributed by atoms with Gasteiger partial charge in [0.25, 0.3) is 5.91 Å². The third kappa shape index (κ3) is 3.57. The highest BCUT2D eigenvalue weighted by Crippen LogP contribution is 2.36. The molecule has 0 fully saturated rings. The molecule has 1 N–H and O–H groups in total. The van der Waals surface area contributed by atoms with Crippen molar-refractivity contribution in [2.75, 3.05) is 37.4 Å². The van der Waals surface area contributed by atoms with Gasteiger partial charge in [-0.2, -0.15) is 0 Å². The molecule has 0 aromatic heterocycles. The highest BCUT2D eigenvalue weighted by atomic mass is 16.5. The molecule has 6 heteroatoms. The quantitative estimate of drug-likeness (QED) is 0.899. The van der Waals surface area contributed by atoms with Crippen molar-refractivity contribution in [1.82, 2.24) is 4.90 Å². The summed E-state index contributed by atoms with van der Waals surface area (Å²) in [6.45, 7) is 4.88. The fourth-order valence-corrected chi connectivity index (χ4v) is 2.26. The Labute approximate surface area is 131 Å². The van der Waals surface area contributed by atoms with Crippen LogP contribution in [0.2, 0.25) is 0 Å². The summed E-state index contributed by atoms with van der Waals surface area (Å²) in [5, 5.41) is 2.81. The lowest BCUT2D eigenvalue weighted by atomic mass is 10.1. The zero-order chi connectivity index (χ0) is 16.3. The van der Waals surface area contributed by atoms with Crippen molar-refractivity contribution >= 4 is 23.2 Å². The van der Waals surface area contributed by atoms with E-state index < -0.39 is 6.10 Å². The standard InChI is InChI=1S/C16H23N3O3/c1-5-15(20)17-12-6-7-14-13(10-12)19(9-8-18(3)4)16(21)11(2)22-14/h6-7,10-11H,5,8-9H2,1-4H3,(H,17,20). The summed E-state index contributed by atoms with van der Waals surface area (Å²) < 4.78 is 5.65. The Kier molecular flexibility index (Phi) is 5.03. The number of carbonyl (C=O) groups excluding carboxylic acids is 2. The molecule has 1 heterocycles. The molecule has 0 saturated carbocycles. The minimum Gasteiger partial charge on any atom is -0.479 e. The molecular weight excluding hydrogens is 282 g/mol. The maximum absolute atomic E-state index is 12.4. The molecule has 1 aliphatic heterocycles. The lowest BCUT2D eigenvalue weighted by Gasteiger charge is -2.34. The molecule has 22 heavy (non-hydrogen) atoms. The summed E-state index contributed by atoms with van der Waals surface area (Å²) in [4.78, 5) is 27.7. The van der Waals surface area contributed by atoms with E-state index in [9.17, 15) is 9.59 Å². The molecule has 1 aliphatic rings. The zero-order valence-electron chi connectivity index (χ0n) is 13.5. The number of hydrogen-bond acceptors (Lipinski definition) is 4. The SMILES string of the molecule is CCC(=O)Nc1ccc2c(c1)N(CCN(C)C)C(=O)C(C)O2. The van der Waals surface area contributed by atoms with Gasteiger partial charge in [0, 0.05) is 25.2 Å². The molecule has 0 bridgehead atoms. The Morgan fingerprint density at radius 3 is 2.77 bits per heavy atom. The number of nitrogens with zero attached hydrogens (tertiary/aromatic N) is 2. The predicted octanol–water partition coefficient (Wildman–Crippen LogP) is 1.71. The first-order valence-corrected chi connectivity index (χ1v) is 7.49. The van der Waals surface area contributed by atoms with Crippen LogP contribution in [-0.4, -0.2) is 50.0 Å². The first-order valence-electron chi connectivity index (χ1n) is 7.49. The second kappa shape index (κ2) is 6.79. The van der Waals surface area contributed by atoms with E-state index in [1.165, 1.54) is 0 Å². The smallest absolute Gasteiger partial charge is 0.267 e. The summed E-state index contributed by atoms with van der Waals surface area (Å²) in [6, 6.07) is 5.38. The van der Waals surface area contributed by atoms with Crippen molar-refractivity contribution in [3.05, 3.63) is 18.2 Å². The number of nitrogens with one attached hydrogen (secondary N) is 1. The van der Waals surface area contributed by atoms with Crippen molar-refractivity contribution in [3.8, 4) is 5.75 Å². The molecule has 1 aromatic rings. The number of fused-ring (bicyclic) bond motifs is 1. The Morgan fingerprint density at radius 1 is 1.41 bits per heavy atom. The fraction of sp³-hybridized carbons (Fsp3) is 0.500. The summed E-state index contributed by atoms with van der Waals surface area (Å²) >= 11 is 0. The van der Waals surface area contributed by atoms with Gasteiger partial charge in [0.1, 0.15) is 5.75 Å². The van der Waals surface area contributed by atoms with Gasteiger partial charge >= 0.3 is 0 Å². The van der Waals surface area contributed by atoms with Crippen LogP contribution >= 0.6 is 0 Å². The molecule has 120 valence electrons. The van der Waals surface area contributed by atoms with Crippen LogP contribution in [-0.2, 0) is 9.59 Å². The number of rotatable bonds is 5. The molecule has 6 nitrogen and oxygen atoms in total. The van der Waals surface area contributed by atoms with E-state index >= 15 is 0 Å². The minimum atomic E-state index is -0.495. The van der Waals surface area contributed by atoms with Gasteiger partial charge in [-0.3, -0.25) is 9.59 Å². The van der Waals surface area contributed by atoms with Crippen LogP contribution in [0.3, 0.4) is 0 Å². The number of hydrogen-bond donors (Lipinski definition) is 1. The number of ether oxygens (including phenoxy) is 1. The Bertz CT molecular complexity index is 572. The van der Waals surface area contributed by atoms with Crippen LogP contribution in [0.25, 0.3) is 0 Å². The lowest BCUT2D eigenvalue weighted by molar-refractivity contribution is -0.125. The second-order valence-corrected chi connectivity index (χ2v) is 5.64. The van der Waals surface area contributed by atoms with E-state index in [0.29, 0.717) is 30.1 Å². The minimum absolute atomic E-state index is 0.0591. The first kappa shape index (κ1) is 16.3. The zero-order valence-corrected chi connectivity index (χ0v) is 13.5. The molecule has 1 aromatic carbocycles. The topological polar surface area (TPSA) is 61.9 Å². The van der Waals surface area contributed by atoms with Gasteiger partial charge in [0.2, 0.25) is 5.91 Å². The summed E-state index contributed by atoms with van der Waals surface area (Å²) in [5.41, 5.74) is 1.38. The van der Waals surface area contributed by atoms with Crippen LogP contribution < -0.4 is 15.0 Å². The van der Waals surface area contributed by atoms with Gasteiger partial charge < -0.3 is 19.9 Å². The average molecular weight is 305 g/mol. The van der Waals surface area contributed by atoms with Gasteiger partial charge in [0.15, 0.2) is 6.10 Å².